The van der Waals surface area contributed by atoms with Gasteiger partial charge in [-0.25, -0.2) is 4.98 Å². The molecule has 2 aliphatic rings. The third-order valence-corrected chi connectivity index (χ3v) is 11.7. The zero-order valence-electron chi connectivity index (χ0n) is 33.1. The van der Waals surface area contributed by atoms with Gasteiger partial charge in [-0.15, -0.1) is 48.1 Å². The Morgan fingerprint density at radius 3 is 2.21 bits per heavy atom. The molecule has 1 fully saturated rings. The number of rotatable bonds is 7. The monoisotopic (exact) mass is 936 g/mol. The SMILES string of the molecule is CC(C)(C)c1ccnc(-n2c3[c-]c(Oc4[c-]c(N5[CH-]N(c6cc(-c7ccccc7)cc(C7CCCCC7)c6)c6ccccc65)ccc4)ccc3c3ccccc32)c1.[Pt]. The first kappa shape index (κ1) is 37.9. The second-order valence-corrected chi connectivity index (χ2v) is 16.5. The predicted molar refractivity (Wildman–Crippen MR) is 234 cm³/mol. The van der Waals surface area contributed by atoms with E-state index in [0.29, 0.717) is 17.4 Å². The maximum Gasteiger partial charge on any atom is 0.135 e. The van der Waals surface area contributed by atoms with E-state index in [2.05, 4.69) is 175 Å². The number of pyridine rings is 1. The van der Waals surface area contributed by atoms with Gasteiger partial charge in [0.05, 0.1) is 0 Å². The first-order chi connectivity index (χ1) is 27.9. The van der Waals surface area contributed by atoms with Crippen molar-refractivity contribution in [1.82, 2.24) is 9.55 Å². The van der Waals surface area contributed by atoms with Crippen LogP contribution in [0.1, 0.15) is 69.9 Å². The zero-order chi connectivity index (χ0) is 38.5. The maximum absolute atomic E-state index is 6.60. The number of fused-ring (bicyclic) bond motifs is 4. The van der Waals surface area contributed by atoms with Crippen molar-refractivity contribution < 1.29 is 25.8 Å². The number of aromatic nitrogens is 2. The summed E-state index contributed by atoms with van der Waals surface area (Å²) in [6.07, 6.45) is 8.34. The van der Waals surface area contributed by atoms with E-state index in [1.54, 1.807) is 0 Å². The number of nitrogens with zero attached hydrogens (tertiary/aromatic N) is 4. The summed E-state index contributed by atoms with van der Waals surface area (Å²) in [6, 6.07) is 56.8. The Morgan fingerprint density at radius 1 is 0.655 bits per heavy atom. The second kappa shape index (κ2) is 15.6. The van der Waals surface area contributed by atoms with Crippen molar-refractivity contribution in [3.8, 4) is 28.4 Å². The zero-order valence-corrected chi connectivity index (χ0v) is 35.3. The van der Waals surface area contributed by atoms with Gasteiger partial charge in [0, 0.05) is 61.3 Å². The molecule has 0 atom stereocenters. The van der Waals surface area contributed by atoms with Gasteiger partial charge in [-0.2, -0.15) is 12.1 Å². The normalized spacial score (nSPS) is 14.5. The van der Waals surface area contributed by atoms with Crippen LogP contribution < -0.4 is 14.5 Å². The fraction of sp³-hybridized carbons (Fsp3) is 0.192. The Balaban J connectivity index is 0.00000436. The van der Waals surface area contributed by atoms with Crippen LogP contribution in [0.5, 0.6) is 11.5 Å². The minimum atomic E-state index is -0.0102. The molecule has 0 N–H and O–H groups in total. The molecule has 6 aromatic carbocycles. The molecule has 0 amide bonds. The van der Waals surface area contributed by atoms with Gasteiger partial charge in [0.2, 0.25) is 0 Å². The quantitative estimate of drug-likeness (QED) is 0.149. The van der Waals surface area contributed by atoms with Crippen molar-refractivity contribution in [3.05, 3.63) is 176 Å². The van der Waals surface area contributed by atoms with E-state index in [1.165, 1.54) is 60.0 Å². The average molecular weight is 937 g/mol. The summed E-state index contributed by atoms with van der Waals surface area (Å²) in [5.41, 5.74) is 11.4. The molecule has 1 aliphatic carbocycles. The molecule has 1 aliphatic heterocycles. The van der Waals surface area contributed by atoms with Crippen LogP contribution in [0.25, 0.3) is 38.8 Å². The van der Waals surface area contributed by atoms with Gasteiger partial charge in [-0.3, -0.25) is 0 Å². The molecule has 292 valence electrons. The van der Waals surface area contributed by atoms with Crippen LogP contribution in [-0.2, 0) is 26.5 Å². The van der Waals surface area contributed by atoms with Crippen LogP contribution in [0.3, 0.4) is 0 Å². The first-order valence-electron chi connectivity index (χ1n) is 20.2. The van der Waals surface area contributed by atoms with Gasteiger partial charge in [-0.05, 0) is 94.3 Å². The van der Waals surface area contributed by atoms with Crippen LogP contribution in [0.2, 0.25) is 0 Å². The van der Waals surface area contributed by atoms with Crippen molar-refractivity contribution in [2.24, 2.45) is 0 Å². The Bertz CT molecular complexity index is 2740. The molecular weight excluding hydrogens is 892 g/mol. The largest absolute Gasteiger partial charge is 0.509 e. The topological polar surface area (TPSA) is 33.5 Å². The van der Waals surface area contributed by atoms with Gasteiger partial charge >= 0.3 is 0 Å². The van der Waals surface area contributed by atoms with Crippen molar-refractivity contribution in [1.29, 1.82) is 0 Å². The van der Waals surface area contributed by atoms with Gasteiger partial charge in [0.15, 0.2) is 0 Å². The average Bonchev–Trinajstić information content (AvgIpc) is 3.80. The molecule has 0 spiro atoms. The van der Waals surface area contributed by atoms with Crippen molar-refractivity contribution in [3.63, 3.8) is 0 Å². The van der Waals surface area contributed by atoms with Crippen LogP contribution >= 0.6 is 0 Å². The fourth-order valence-corrected chi connectivity index (χ4v) is 8.69. The summed E-state index contributed by atoms with van der Waals surface area (Å²) in [7, 11) is 0. The molecule has 8 aromatic rings. The molecule has 6 heteroatoms. The minimum Gasteiger partial charge on any atom is -0.509 e. The molecule has 0 bridgehead atoms. The Labute approximate surface area is 356 Å². The molecule has 0 radical (unpaired) electrons. The van der Waals surface area contributed by atoms with Crippen LogP contribution in [-0.4, -0.2) is 9.55 Å². The number of anilines is 4. The molecule has 0 saturated heterocycles. The molecule has 2 aromatic heterocycles. The molecule has 5 nitrogen and oxygen atoms in total. The Kier molecular flexibility index (Phi) is 10.2. The van der Waals surface area contributed by atoms with Gasteiger partial charge in [0.25, 0.3) is 0 Å². The molecular formula is C52H45N4OPt-3. The summed E-state index contributed by atoms with van der Waals surface area (Å²) in [6.45, 7) is 8.89. The van der Waals surface area contributed by atoms with E-state index in [-0.39, 0.29) is 26.5 Å². The maximum atomic E-state index is 6.60. The number of ether oxygens (including phenoxy) is 1. The summed E-state index contributed by atoms with van der Waals surface area (Å²) < 4.78 is 8.80. The minimum absolute atomic E-state index is 0. The summed E-state index contributed by atoms with van der Waals surface area (Å²) >= 11 is 0. The van der Waals surface area contributed by atoms with Crippen molar-refractivity contribution in [2.75, 3.05) is 9.80 Å². The van der Waals surface area contributed by atoms with Crippen LogP contribution in [0.15, 0.2) is 146 Å². The second-order valence-electron chi connectivity index (χ2n) is 16.5. The van der Waals surface area contributed by atoms with E-state index in [0.717, 1.165) is 44.7 Å². The first-order valence-corrected chi connectivity index (χ1v) is 20.2. The molecule has 1 saturated carbocycles. The Morgan fingerprint density at radius 2 is 1.40 bits per heavy atom. The van der Waals surface area contributed by atoms with E-state index in [9.17, 15) is 0 Å². The van der Waals surface area contributed by atoms with E-state index in [4.69, 9.17) is 9.72 Å². The predicted octanol–water partition coefficient (Wildman–Crippen LogP) is 14.0. The molecule has 58 heavy (non-hydrogen) atoms. The van der Waals surface area contributed by atoms with Gasteiger partial charge < -0.3 is 19.1 Å². The third kappa shape index (κ3) is 7.11. The third-order valence-electron chi connectivity index (χ3n) is 11.7. The van der Waals surface area contributed by atoms with E-state index >= 15 is 0 Å². The smallest absolute Gasteiger partial charge is 0.135 e. The van der Waals surface area contributed by atoms with Crippen molar-refractivity contribution >= 4 is 44.6 Å². The van der Waals surface area contributed by atoms with E-state index < -0.39 is 0 Å². The van der Waals surface area contributed by atoms with E-state index in [1.807, 2.05) is 24.4 Å². The van der Waals surface area contributed by atoms with Gasteiger partial charge in [0.1, 0.15) is 5.82 Å². The standard InChI is InChI=1S/C52H45N4O.Pt/c1-52(2,3)40-27-28-53-51(32-40)56-47-22-11-10-21-45(47)46-26-25-44(34-50(46)56)57-43-20-14-19-41(33-43)54-35-55(49-24-13-12-23-48(49)54)42-30-38(36-15-6-4-7-16-36)29-39(31-42)37-17-8-5-9-18-37;/h4,6-7,10-16,19-32,35,37H,5,8-9,17-18H2,1-3H3;/q-3;. The summed E-state index contributed by atoms with van der Waals surface area (Å²) in [4.78, 5) is 9.39. The van der Waals surface area contributed by atoms with Crippen LogP contribution in [0.4, 0.5) is 22.7 Å². The summed E-state index contributed by atoms with van der Waals surface area (Å²) in [5.74, 6) is 2.68. The number of hydrogen-bond donors (Lipinski definition) is 0. The Hall–Kier alpha value is -5.64. The van der Waals surface area contributed by atoms with Gasteiger partial charge in [-0.1, -0.05) is 112 Å². The fourth-order valence-electron chi connectivity index (χ4n) is 8.69. The molecule has 10 rings (SSSR count). The number of hydrogen-bond acceptors (Lipinski definition) is 4. The van der Waals surface area contributed by atoms with Crippen LogP contribution in [0, 0.1) is 18.8 Å². The van der Waals surface area contributed by atoms with Crippen molar-refractivity contribution in [2.45, 2.75) is 64.2 Å². The summed E-state index contributed by atoms with van der Waals surface area (Å²) in [5, 5.41) is 2.25. The molecule has 0 unspecified atom stereocenters. The number of benzene rings is 6. The number of para-hydroxylation sites is 3. The molecule has 3 heterocycles.